The minimum atomic E-state index is 0.228. The van der Waals surface area contributed by atoms with Gasteiger partial charge in [0.1, 0.15) is 6.07 Å². The highest BCUT2D eigenvalue weighted by atomic mass is 16.5. The van der Waals surface area contributed by atoms with Crippen molar-refractivity contribution in [3.63, 3.8) is 0 Å². The predicted molar refractivity (Wildman–Crippen MR) is 165 cm³/mol. The van der Waals surface area contributed by atoms with E-state index in [9.17, 15) is 5.26 Å². The van der Waals surface area contributed by atoms with Crippen LogP contribution in [0.1, 0.15) is 54.2 Å². The van der Waals surface area contributed by atoms with E-state index in [-0.39, 0.29) is 17.5 Å². The third-order valence-electron chi connectivity index (χ3n) is 9.22. The molecule has 5 heteroatoms. The minimum absolute atomic E-state index is 0.228. The molecule has 0 spiro atoms. The summed E-state index contributed by atoms with van der Waals surface area (Å²) in [6.45, 7) is 16.6. The van der Waals surface area contributed by atoms with Crippen molar-refractivity contribution in [3.05, 3.63) is 124 Å². The summed E-state index contributed by atoms with van der Waals surface area (Å²) >= 11 is 0. The average Bonchev–Trinajstić information content (AvgIpc) is 3.06. The first-order chi connectivity index (χ1) is 20.7. The van der Waals surface area contributed by atoms with Gasteiger partial charge < -0.3 is 9.64 Å². The average molecular weight is 541 g/mol. The van der Waals surface area contributed by atoms with Crippen molar-refractivity contribution in [2.45, 2.75) is 37.5 Å². The fraction of sp³-hybridized carbons (Fsp3) is 0.162. The van der Waals surface area contributed by atoms with Gasteiger partial charge in [0.2, 0.25) is 11.4 Å². The summed E-state index contributed by atoms with van der Waals surface area (Å²) in [5, 5.41) is 12.8. The Balaban J connectivity index is 1.50. The molecule has 0 radical (unpaired) electrons. The van der Waals surface area contributed by atoms with Crippen LogP contribution in [0.2, 0.25) is 0 Å². The van der Waals surface area contributed by atoms with E-state index in [1.807, 2.05) is 59.5 Å². The van der Waals surface area contributed by atoms with Gasteiger partial charge in [-0.2, -0.15) is 5.26 Å². The fourth-order valence-electron chi connectivity index (χ4n) is 7.39. The van der Waals surface area contributed by atoms with E-state index in [2.05, 4.69) is 46.1 Å². The third kappa shape index (κ3) is 3.33. The zero-order valence-corrected chi connectivity index (χ0v) is 22.8. The number of ether oxygens (including phenoxy) is 1. The van der Waals surface area contributed by atoms with Crippen molar-refractivity contribution < 1.29 is 4.74 Å². The van der Waals surface area contributed by atoms with E-state index in [0.29, 0.717) is 28.4 Å². The fourth-order valence-corrected chi connectivity index (χ4v) is 7.39. The quantitative estimate of drug-likeness (QED) is 0.205. The molecule has 5 aromatic rings. The van der Waals surface area contributed by atoms with Crippen LogP contribution in [0.5, 0.6) is 11.5 Å². The number of benzene rings is 5. The Kier molecular flexibility index (Phi) is 5.33. The summed E-state index contributed by atoms with van der Waals surface area (Å²) < 4.78 is 6.64. The summed E-state index contributed by atoms with van der Waals surface area (Å²) in [5.41, 5.74) is 7.18. The van der Waals surface area contributed by atoms with Gasteiger partial charge in [0.25, 0.3) is 0 Å². The largest absolute Gasteiger partial charge is 0.452 e. The Morgan fingerprint density at radius 3 is 2.19 bits per heavy atom. The van der Waals surface area contributed by atoms with Gasteiger partial charge in [0.15, 0.2) is 11.5 Å². The number of rotatable bonds is 2. The van der Waals surface area contributed by atoms with E-state index < -0.39 is 0 Å². The van der Waals surface area contributed by atoms with E-state index in [0.717, 1.165) is 70.1 Å². The SMILES string of the molecule is [C-]#[N+]c1c([N+]#[C-])c(N2c3cc(-c4ccccc4)ccc3Oc3c2ccc2ccccc32)c(C#N)c2c1C1CCC2CC1. The van der Waals surface area contributed by atoms with Crippen LogP contribution in [-0.2, 0) is 0 Å². The predicted octanol–water partition coefficient (Wildman–Crippen LogP) is 10.8. The van der Waals surface area contributed by atoms with E-state index in [1.54, 1.807) is 0 Å². The molecule has 5 nitrogen and oxygen atoms in total. The summed E-state index contributed by atoms with van der Waals surface area (Å²) in [6, 6.07) is 30.9. The number of hydrogen-bond acceptors (Lipinski definition) is 3. The molecule has 42 heavy (non-hydrogen) atoms. The molecule has 1 saturated carbocycles. The number of nitrogens with zero attached hydrogens (tertiary/aromatic N) is 4. The standard InChI is InChI=1S/C37H24N4O/c1-39-34-33-25-14-12-24(13-15-25)32(33)28(21-38)36(35(34)40-2)41-29-18-16-23-10-6-7-11-27(23)37(29)42-31-19-17-26(20-30(31)41)22-8-4-3-5-9-22/h3-11,16-20,24-25H,12-15H2. The summed E-state index contributed by atoms with van der Waals surface area (Å²) in [4.78, 5) is 10.0. The highest BCUT2D eigenvalue weighted by molar-refractivity contribution is 6.05. The highest BCUT2D eigenvalue weighted by Gasteiger charge is 2.41. The van der Waals surface area contributed by atoms with Crippen molar-refractivity contribution in [1.29, 1.82) is 5.26 Å². The molecule has 1 aliphatic heterocycles. The van der Waals surface area contributed by atoms with Crippen molar-refractivity contribution >= 4 is 39.2 Å². The summed E-state index contributed by atoms with van der Waals surface area (Å²) in [7, 11) is 0. The molecular weight excluding hydrogens is 516 g/mol. The molecule has 3 aliphatic carbocycles. The molecule has 0 aromatic heterocycles. The Morgan fingerprint density at radius 2 is 1.45 bits per heavy atom. The van der Waals surface area contributed by atoms with E-state index in [1.165, 1.54) is 0 Å². The minimum Gasteiger partial charge on any atom is -0.452 e. The molecule has 0 amide bonds. The smallest absolute Gasteiger partial charge is 0.219 e. The Bertz CT molecular complexity index is 2070. The van der Waals surface area contributed by atoms with Crippen LogP contribution in [0.3, 0.4) is 0 Å². The first-order valence-electron chi connectivity index (χ1n) is 14.3. The van der Waals surface area contributed by atoms with Crippen LogP contribution < -0.4 is 9.64 Å². The Hall–Kier alpha value is -5.57. The lowest BCUT2D eigenvalue weighted by atomic mass is 9.65. The van der Waals surface area contributed by atoms with Crippen LogP contribution in [0.4, 0.5) is 28.4 Å². The number of anilines is 3. The van der Waals surface area contributed by atoms with Crippen molar-refractivity contribution in [2.24, 2.45) is 0 Å². The van der Waals surface area contributed by atoms with Crippen LogP contribution >= 0.6 is 0 Å². The van der Waals surface area contributed by atoms with Gasteiger partial charge >= 0.3 is 0 Å². The van der Waals surface area contributed by atoms with Gasteiger partial charge in [-0.15, -0.1) is 0 Å². The lowest BCUT2D eigenvalue weighted by Gasteiger charge is -2.42. The first-order valence-corrected chi connectivity index (χ1v) is 14.3. The van der Waals surface area contributed by atoms with E-state index in [4.69, 9.17) is 17.9 Å². The molecule has 9 rings (SSSR count). The molecule has 0 unspecified atom stereocenters. The topological polar surface area (TPSA) is 45.0 Å². The monoisotopic (exact) mass is 540 g/mol. The molecule has 4 aliphatic rings. The number of fused-ring (bicyclic) bond motifs is 6. The van der Waals surface area contributed by atoms with Gasteiger partial charge in [-0.05, 0) is 83.4 Å². The molecule has 5 aromatic carbocycles. The molecule has 2 bridgehead atoms. The lowest BCUT2D eigenvalue weighted by Crippen LogP contribution is -2.25. The Morgan fingerprint density at radius 1 is 0.738 bits per heavy atom. The molecular formula is C37H24N4O. The second-order valence-electron chi connectivity index (χ2n) is 11.3. The molecule has 0 atom stereocenters. The maximum absolute atomic E-state index is 10.8. The van der Waals surface area contributed by atoms with Crippen LogP contribution in [0, 0.1) is 24.5 Å². The van der Waals surface area contributed by atoms with Crippen LogP contribution in [0.15, 0.2) is 84.9 Å². The first kappa shape index (κ1) is 24.2. The second kappa shape index (κ2) is 9.24. The van der Waals surface area contributed by atoms with Crippen molar-refractivity contribution in [3.8, 4) is 28.7 Å². The Labute approximate surface area is 244 Å². The lowest BCUT2D eigenvalue weighted by molar-refractivity contribution is 0.359. The van der Waals surface area contributed by atoms with Crippen molar-refractivity contribution in [2.75, 3.05) is 4.90 Å². The maximum atomic E-state index is 10.8. The normalized spacial score (nSPS) is 17.7. The summed E-state index contributed by atoms with van der Waals surface area (Å²) in [5.74, 6) is 1.78. The van der Waals surface area contributed by atoms with Crippen molar-refractivity contribution in [1.82, 2.24) is 0 Å². The van der Waals surface area contributed by atoms with Gasteiger partial charge in [-0.1, -0.05) is 66.7 Å². The zero-order chi connectivity index (χ0) is 28.4. The van der Waals surface area contributed by atoms with Gasteiger partial charge in [0, 0.05) is 5.39 Å². The van der Waals surface area contributed by atoms with Gasteiger partial charge in [-0.25, -0.2) is 9.69 Å². The number of nitriles is 1. The zero-order valence-electron chi connectivity index (χ0n) is 22.8. The summed E-state index contributed by atoms with van der Waals surface area (Å²) in [6.07, 6.45) is 4.05. The maximum Gasteiger partial charge on any atom is 0.219 e. The number of hydrogen-bond donors (Lipinski definition) is 0. The van der Waals surface area contributed by atoms with Crippen LogP contribution in [-0.4, -0.2) is 0 Å². The molecule has 0 N–H and O–H groups in total. The highest BCUT2D eigenvalue weighted by Crippen LogP contribution is 2.63. The second-order valence-corrected chi connectivity index (χ2v) is 11.3. The molecule has 198 valence electrons. The molecule has 1 fully saturated rings. The van der Waals surface area contributed by atoms with E-state index >= 15 is 0 Å². The van der Waals surface area contributed by atoms with Gasteiger partial charge in [0.05, 0.1) is 35.8 Å². The molecule has 0 saturated heterocycles. The molecule has 1 heterocycles. The third-order valence-corrected chi connectivity index (χ3v) is 9.22. The van der Waals surface area contributed by atoms with Crippen LogP contribution in [0.25, 0.3) is 31.6 Å². The van der Waals surface area contributed by atoms with Gasteiger partial charge in [-0.3, -0.25) is 0 Å².